The van der Waals surface area contributed by atoms with Gasteiger partial charge in [-0.05, 0) is 51.0 Å². The normalized spacial score (nSPS) is 12.8. The fourth-order valence-electron chi connectivity index (χ4n) is 1.88. The molecular weight excluding hydrogens is 334 g/mol. The van der Waals surface area contributed by atoms with Crippen molar-refractivity contribution in [1.29, 1.82) is 0 Å². The lowest BCUT2D eigenvalue weighted by atomic mass is 10.2. The van der Waals surface area contributed by atoms with Crippen LogP contribution < -0.4 is 0 Å². The molecule has 0 unspecified atom stereocenters. The molecule has 1 fully saturated rings. The molecule has 1 aliphatic rings. The quantitative estimate of drug-likeness (QED) is 0.288. The summed E-state index contributed by atoms with van der Waals surface area (Å²) in [5, 5.41) is 3.52. The van der Waals surface area contributed by atoms with Crippen LogP contribution in [0.25, 0.3) is 0 Å². The molecule has 0 radical (unpaired) electrons. The summed E-state index contributed by atoms with van der Waals surface area (Å²) < 4.78 is 4.35. The van der Waals surface area contributed by atoms with Gasteiger partial charge >= 0.3 is 5.97 Å². The van der Waals surface area contributed by atoms with E-state index in [9.17, 15) is 4.79 Å². The lowest BCUT2D eigenvalue weighted by molar-refractivity contribution is -0.132. The average Bonchev–Trinajstić information content (AvgIpc) is 3.19. The SMILES string of the molecule is CC.CC.COC(=O)/C=N/OC1CCCC1.CSc1ccc(C)cc1. The fraction of sp³-hybridized carbons (Fsp3) is 0.600. The summed E-state index contributed by atoms with van der Waals surface area (Å²) in [7, 11) is 1.31. The van der Waals surface area contributed by atoms with E-state index < -0.39 is 5.97 Å². The van der Waals surface area contributed by atoms with Gasteiger partial charge in [0.15, 0.2) is 6.21 Å². The van der Waals surface area contributed by atoms with Crippen molar-refractivity contribution in [2.45, 2.75) is 71.3 Å². The minimum Gasteiger partial charge on any atom is -0.465 e. The molecule has 144 valence electrons. The zero-order valence-corrected chi connectivity index (χ0v) is 17.7. The number of methoxy groups -OCH3 is 1. The van der Waals surface area contributed by atoms with Gasteiger partial charge in [-0.3, -0.25) is 0 Å². The Morgan fingerprint density at radius 2 is 1.64 bits per heavy atom. The first-order valence-electron chi connectivity index (χ1n) is 9.03. The number of benzene rings is 1. The molecule has 0 bridgehead atoms. The third kappa shape index (κ3) is 14.6. The van der Waals surface area contributed by atoms with Gasteiger partial charge in [0.1, 0.15) is 6.10 Å². The van der Waals surface area contributed by atoms with Gasteiger partial charge in [-0.15, -0.1) is 11.8 Å². The number of nitrogens with zero attached hydrogens (tertiary/aromatic N) is 1. The second kappa shape index (κ2) is 18.8. The molecule has 4 nitrogen and oxygen atoms in total. The van der Waals surface area contributed by atoms with E-state index in [1.165, 1.54) is 30.4 Å². The summed E-state index contributed by atoms with van der Waals surface area (Å²) in [5.41, 5.74) is 1.33. The molecule has 0 atom stereocenters. The summed E-state index contributed by atoms with van der Waals surface area (Å²) in [6.07, 6.45) is 7.81. The molecule has 0 amide bonds. The van der Waals surface area contributed by atoms with Crippen molar-refractivity contribution in [2.24, 2.45) is 5.16 Å². The van der Waals surface area contributed by atoms with Gasteiger partial charge in [-0.1, -0.05) is 50.5 Å². The Balaban J connectivity index is 0. The van der Waals surface area contributed by atoms with E-state index in [1.807, 2.05) is 27.7 Å². The fourth-order valence-corrected chi connectivity index (χ4v) is 2.29. The number of aryl methyl sites for hydroxylation is 1. The Kier molecular flexibility index (Phi) is 19.4. The topological polar surface area (TPSA) is 47.9 Å². The summed E-state index contributed by atoms with van der Waals surface area (Å²) in [6.45, 7) is 10.1. The Morgan fingerprint density at radius 1 is 1.12 bits per heavy atom. The lowest BCUT2D eigenvalue weighted by Crippen LogP contribution is -2.06. The summed E-state index contributed by atoms with van der Waals surface area (Å²) >= 11 is 1.78. The van der Waals surface area contributed by atoms with Crippen LogP contribution in [0.3, 0.4) is 0 Å². The molecule has 0 saturated heterocycles. The predicted molar refractivity (Wildman–Crippen MR) is 110 cm³/mol. The Morgan fingerprint density at radius 3 is 2.08 bits per heavy atom. The number of carbonyl (C=O) groups excluding carboxylic acids is 1. The van der Waals surface area contributed by atoms with Gasteiger partial charge in [0.25, 0.3) is 0 Å². The van der Waals surface area contributed by atoms with E-state index in [0.29, 0.717) is 0 Å². The van der Waals surface area contributed by atoms with Crippen LogP contribution in [-0.2, 0) is 14.4 Å². The highest BCUT2D eigenvalue weighted by Crippen LogP contribution is 2.20. The zero-order chi connectivity index (χ0) is 19.5. The monoisotopic (exact) mass is 369 g/mol. The number of rotatable bonds is 4. The molecule has 0 N–H and O–H groups in total. The molecule has 25 heavy (non-hydrogen) atoms. The van der Waals surface area contributed by atoms with E-state index >= 15 is 0 Å². The standard InChI is InChI=1S/C8H13NO3.C8H10S.2C2H6/c1-11-8(10)6-9-12-7-4-2-3-5-7;1-7-3-5-8(9-2)6-4-7;2*1-2/h6-7H,2-5H2,1H3;3-6H,1-2H3;2*1-2H3/b9-6+;;;. The van der Waals surface area contributed by atoms with E-state index in [1.54, 1.807) is 11.8 Å². The second-order valence-electron chi connectivity index (χ2n) is 4.79. The van der Waals surface area contributed by atoms with Crippen LogP contribution in [0.15, 0.2) is 34.3 Å². The highest BCUT2D eigenvalue weighted by molar-refractivity contribution is 7.98. The molecule has 1 aromatic carbocycles. The Labute approximate surface area is 158 Å². The Bertz CT molecular complexity index is 441. The molecule has 5 heteroatoms. The molecule has 0 aromatic heterocycles. The van der Waals surface area contributed by atoms with Crippen LogP contribution in [-0.4, -0.2) is 31.7 Å². The van der Waals surface area contributed by atoms with Crippen molar-refractivity contribution < 1.29 is 14.4 Å². The van der Waals surface area contributed by atoms with Crippen LogP contribution in [0, 0.1) is 6.92 Å². The van der Waals surface area contributed by atoms with Crippen LogP contribution in [0.2, 0.25) is 0 Å². The minimum absolute atomic E-state index is 0.200. The van der Waals surface area contributed by atoms with Crippen molar-refractivity contribution in [3.05, 3.63) is 29.8 Å². The van der Waals surface area contributed by atoms with Crippen molar-refractivity contribution >= 4 is 23.9 Å². The molecular formula is C20H35NO3S. The van der Waals surface area contributed by atoms with Crippen LogP contribution in [0.4, 0.5) is 0 Å². The summed E-state index contributed by atoms with van der Waals surface area (Å²) in [4.78, 5) is 16.9. The number of hydrogen-bond donors (Lipinski definition) is 0. The van der Waals surface area contributed by atoms with Crippen molar-refractivity contribution in [3.63, 3.8) is 0 Å². The first-order chi connectivity index (χ1) is 12.2. The predicted octanol–water partition coefficient (Wildman–Crippen LogP) is 5.87. The maximum Gasteiger partial charge on any atom is 0.352 e. The maximum atomic E-state index is 10.5. The maximum absolute atomic E-state index is 10.5. The lowest BCUT2D eigenvalue weighted by Gasteiger charge is -2.04. The number of esters is 1. The van der Waals surface area contributed by atoms with E-state index in [-0.39, 0.29) is 6.10 Å². The smallest absolute Gasteiger partial charge is 0.352 e. The molecule has 1 aromatic rings. The van der Waals surface area contributed by atoms with E-state index in [4.69, 9.17) is 4.84 Å². The zero-order valence-electron chi connectivity index (χ0n) is 16.9. The Hall–Kier alpha value is -1.49. The molecule has 2 rings (SSSR count). The first-order valence-corrected chi connectivity index (χ1v) is 10.3. The van der Waals surface area contributed by atoms with Crippen molar-refractivity contribution in [2.75, 3.05) is 13.4 Å². The van der Waals surface area contributed by atoms with E-state index in [2.05, 4.69) is 47.3 Å². The van der Waals surface area contributed by atoms with Crippen LogP contribution >= 0.6 is 11.8 Å². The largest absolute Gasteiger partial charge is 0.465 e. The molecule has 1 saturated carbocycles. The summed E-state index contributed by atoms with van der Waals surface area (Å²) in [6, 6.07) is 8.54. The third-order valence-corrected chi connectivity index (χ3v) is 3.87. The highest BCUT2D eigenvalue weighted by Gasteiger charge is 2.15. The number of hydrogen-bond acceptors (Lipinski definition) is 5. The minimum atomic E-state index is -0.479. The van der Waals surface area contributed by atoms with Crippen LogP contribution in [0.1, 0.15) is 58.9 Å². The molecule has 0 heterocycles. The van der Waals surface area contributed by atoms with Gasteiger partial charge in [0.05, 0.1) is 7.11 Å². The van der Waals surface area contributed by atoms with Crippen molar-refractivity contribution in [1.82, 2.24) is 0 Å². The number of carbonyl (C=O) groups is 1. The van der Waals surface area contributed by atoms with Gasteiger partial charge in [-0.2, -0.15) is 0 Å². The van der Waals surface area contributed by atoms with Gasteiger partial charge in [0, 0.05) is 4.90 Å². The first kappa shape index (κ1) is 25.7. The van der Waals surface area contributed by atoms with E-state index in [0.717, 1.165) is 19.1 Å². The van der Waals surface area contributed by atoms with Crippen molar-refractivity contribution in [3.8, 4) is 0 Å². The van der Waals surface area contributed by atoms with Gasteiger partial charge in [-0.25, -0.2) is 4.79 Å². The number of ether oxygens (including phenoxy) is 1. The number of thioether (sulfide) groups is 1. The third-order valence-electron chi connectivity index (χ3n) is 3.13. The average molecular weight is 370 g/mol. The van der Waals surface area contributed by atoms with Gasteiger partial charge < -0.3 is 9.57 Å². The second-order valence-corrected chi connectivity index (χ2v) is 5.67. The highest BCUT2D eigenvalue weighted by atomic mass is 32.2. The molecule has 0 aliphatic heterocycles. The molecule has 1 aliphatic carbocycles. The number of oxime groups is 1. The molecule has 0 spiro atoms. The van der Waals surface area contributed by atoms with Gasteiger partial charge in [0.2, 0.25) is 0 Å². The summed E-state index contributed by atoms with van der Waals surface area (Å²) in [5.74, 6) is -0.479. The van der Waals surface area contributed by atoms with Crippen LogP contribution in [0.5, 0.6) is 0 Å².